The third kappa shape index (κ3) is 2.45. The van der Waals surface area contributed by atoms with Gasteiger partial charge in [0, 0.05) is 5.69 Å². The molecule has 3 N–H and O–H groups in total. The number of aromatic hydroxyl groups is 1. The fourth-order valence-corrected chi connectivity index (χ4v) is 0.474. The first-order valence-electron chi connectivity index (χ1n) is 2.33. The molecular formula is C6H8LiNO. The van der Waals surface area contributed by atoms with E-state index in [2.05, 4.69) is 0 Å². The minimum atomic E-state index is 0. The molecule has 0 amide bonds. The van der Waals surface area contributed by atoms with Crippen molar-refractivity contribution in [2.45, 2.75) is 0 Å². The van der Waals surface area contributed by atoms with Gasteiger partial charge in [0.1, 0.15) is 5.75 Å². The minimum absolute atomic E-state index is 0. The van der Waals surface area contributed by atoms with Crippen molar-refractivity contribution in [1.82, 2.24) is 0 Å². The molecule has 0 aliphatic heterocycles. The van der Waals surface area contributed by atoms with Crippen LogP contribution in [-0.4, -0.2) is 24.0 Å². The van der Waals surface area contributed by atoms with Crippen LogP contribution in [0.25, 0.3) is 0 Å². The Morgan fingerprint density at radius 3 is 1.89 bits per heavy atom. The van der Waals surface area contributed by atoms with Crippen LogP contribution in [0.1, 0.15) is 0 Å². The van der Waals surface area contributed by atoms with Crippen molar-refractivity contribution in [3.63, 3.8) is 0 Å². The number of hydrogen-bond acceptors (Lipinski definition) is 2. The molecule has 0 bridgehead atoms. The van der Waals surface area contributed by atoms with Gasteiger partial charge in [-0.25, -0.2) is 0 Å². The Bertz CT molecular complexity index is 152. The molecule has 1 rings (SSSR count). The number of nitrogen functional groups attached to an aromatic ring is 1. The van der Waals surface area contributed by atoms with E-state index in [-0.39, 0.29) is 24.6 Å². The summed E-state index contributed by atoms with van der Waals surface area (Å²) < 4.78 is 0. The average Bonchev–Trinajstić information content (AvgIpc) is 1.77. The summed E-state index contributed by atoms with van der Waals surface area (Å²) in [5, 5.41) is 8.70. The van der Waals surface area contributed by atoms with Crippen LogP contribution in [0.3, 0.4) is 0 Å². The topological polar surface area (TPSA) is 46.2 Å². The van der Waals surface area contributed by atoms with Crippen LogP contribution in [0.4, 0.5) is 5.69 Å². The first-order chi connectivity index (χ1) is 3.79. The van der Waals surface area contributed by atoms with Gasteiger partial charge >= 0.3 is 18.9 Å². The normalized spacial score (nSPS) is 8.00. The fraction of sp³-hybridized carbons (Fsp3) is 0. The van der Waals surface area contributed by atoms with Gasteiger partial charge in [-0.05, 0) is 24.3 Å². The van der Waals surface area contributed by atoms with Crippen LogP contribution >= 0.6 is 0 Å². The molecule has 1 aromatic carbocycles. The molecule has 9 heavy (non-hydrogen) atoms. The Kier molecular flexibility index (Phi) is 3.22. The molecule has 0 radical (unpaired) electrons. The molecule has 1 aromatic rings. The van der Waals surface area contributed by atoms with E-state index >= 15 is 0 Å². The molecule has 0 aliphatic carbocycles. The summed E-state index contributed by atoms with van der Waals surface area (Å²) in [6.07, 6.45) is 0. The Morgan fingerprint density at radius 2 is 1.56 bits per heavy atom. The van der Waals surface area contributed by atoms with Crippen molar-refractivity contribution in [2.75, 3.05) is 5.73 Å². The quantitative estimate of drug-likeness (QED) is 0.292. The molecule has 0 saturated carbocycles. The Morgan fingerprint density at radius 1 is 1.11 bits per heavy atom. The van der Waals surface area contributed by atoms with E-state index in [4.69, 9.17) is 10.8 Å². The zero-order chi connectivity index (χ0) is 5.98. The monoisotopic (exact) mass is 117 g/mol. The number of rotatable bonds is 0. The van der Waals surface area contributed by atoms with Gasteiger partial charge < -0.3 is 10.8 Å². The summed E-state index contributed by atoms with van der Waals surface area (Å²) in [4.78, 5) is 0. The summed E-state index contributed by atoms with van der Waals surface area (Å²) in [7, 11) is 0. The standard InChI is InChI=1S/C6H7NO.Li.H/c7-5-1-3-6(8)4-2-5;;/h1-4,8H,7H2;;. The third-order valence-electron chi connectivity index (χ3n) is 0.893. The zero-order valence-corrected chi connectivity index (χ0v) is 4.33. The van der Waals surface area contributed by atoms with Crippen LogP contribution in [0.2, 0.25) is 0 Å². The number of phenols is 1. The van der Waals surface area contributed by atoms with Crippen LogP contribution in [0.15, 0.2) is 24.3 Å². The maximum absolute atomic E-state index is 8.70. The molecule has 0 saturated heterocycles. The van der Waals surface area contributed by atoms with E-state index < -0.39 is 0 Å². The molecule has 0 unspecified atom stereocenters. The second kappa shape index (κ2) is 3.44. The van der Waals surface area contributed by atoms with Gasteiger partial charge in [-0.2, -0.15) is 0 Å². The molecule has 0 atom stereocenters. The van der Waals surface area contributed by atoms with Gasteiger partial charge in [0.25, 0.3) is 0 Å². The van der Waals surface area contributed by atoms with Gasteiger partial charge in [0.2, 0.25) is 0 Å². The molecular weight excluding hydrogens is 109 g/mol. The second-order valence-electron chi connectivity index (χ2n) is 1.59. The predicted molar refractivity (Wildman–Crippen MR) is 39.7 cm³/mol. The molecule has 0 aromatic heterocycles. The van der Waals surface area contributed by atoms with Crippen molar-refractivity contribution >= 4 is 24.5 Å². The van der Waals surface area contributed by atoms with Gasteiger partial charge in [-0.3, -0.25) is 0 Å². The molecule has 2 nitrogen and oxygen atoms in total. The summed E-state index contributed by atoms with van der Waals surface area (Å²) >= 11 is 0. The van der Waals surface area contributed by atoms with Crippen LogP contribution in [-0.2, 0) is 0 Å². The first kappa shape index (κ1) is 8.42. The van der Waals surface area contributed by atoms with E-state index in [0.717, 1.165) is 0 Å². The fourth-order valence-electron chi connectivity index (χ4n) is 0.474. The van der Waals surface area contributed by atoms with Crippen molar-refractivity contribution < 1.29 is 5.11 Å². The van der Waals surface area contributed by atoms with Crippen molar-refractivity contribution in [2.24, 2.45) is 0 Å². The second-order valence-corrected chi connectivity index (χ2v) is 1.59. The van der Waals surface area contributed by atoms with Gasteiger partial charge in [-0.15, -0.1) is 0 Å². The number of hydrogen-bond donors (Lipinski definition) is 2. The van der Waals surface area contributed by atoms with E-state index in [1.807, 2.05) is 0 Å². The zero-order valence-electron chi connectivity index (χ0n) is 4.33. The predicted octanol–water partition coefficient (Wildman–Crippen LogP) is 0.326. The van der Waals surface area contributed by atoms with Crippen LogP contribution in [0, 0.1) is 0 Å². The van der Waals surface area contributed by atoms with Gasteiger partial charge in [0.05, 0.1) is 0 Å². The SMILES string of the molecule is Nc1ccc(O)cc1.[LiH]. The Labute approximate surface area is 65.9 Å². The summed E-state index contributed by atoms with van der Waals surface area (Å²) in [6.45, 7) is 0. The average molecular weight is 117 g/mol. The molecule has 44 valence electrons. The molecule has 0 fully saturated rings. The molecule has 0 spiro atoms. The van der Waals surface area contributed by atoms with Gasteiger partial charge in [-0.1, -0.05) is 0 Å². The Balaban J connectivity index is 0.000000640. The summed E-state index contributed by atoms with van der Waals surface area (Å²) in [6, 6.07) is 6.40. The van der Waals surface area contributed by atoms with E-state index in [1.54, 1.807) is 24.3 Å². The van der Waals surface area contributed by atoms with Crippen molar-refractivity contribution in [3.05, 3.63) is 24.3 Å². The summed E-state index contributed by atoms with van der Waals surface area (Å²) in [5.74, 6) is 0.249. The maximum atomic E-state index is 8.70. The number of phenolic OH excluding ortho intramolecular Hbond substituents is 1. The Hall–Kier alpha value is -0.583. The first-order valence-corrected chi connectivity index (χ1v) is 2.33. The molecule has 3 heteroatoms. The third-order valence-corrected chi connectivity index (χ3v) is 0.893. The van der Waals surface area contributed by atoms with Gasteiger partial charge in [0.15, 0.2) is 0 Å². The van der Waals surface area contributed by atoms with E-state index in [1.165, 1.54) is 0 Å². The van der Waals surface area contributed by atoms with E-state index in [9.17, 15) is 0 Å². The number of benzene rings is 1. The van der Waals surface area contributed by atoms with Crippen molar-refractivity contribution in [1.29, 1.82) is 0 Å². The number of anilines is 1. The molecule has 0 heterocycles. The number of nitrogens with two attached hydrogens (primary N) is 1. The summed E-state index contributed by atoms with van der Waals surface area (Å²) in [5.41, 5.74) is 5.98. The van der Waals surface area contributed by atoms with Crippen LogP contribution in [0.5, 0.6) is 5.75 Å². The van der Waals surface area contributed by atoms with Crippen molar-refractivity contribution in [3.8, 4) is 5.75 Å². The van der Waals surface area contributed by atoms with Crippen LogP contribution < -0.4 is 5.73 Å². The molecule has 0 aliphatic rings. The van der Waals surface area contributed by atoms with E-state index in [0.29, 0.717) is 5.69 Å².